The van der Waals surface area contributed by atoms with Crippen molar-refractivity contribution in [2.24, 2.45) is 0 Å². The molecule has 0 unspecified atom stereocenters. The normalized spacial score (nSPS) is 26.9. The van der Waals surface area contributed by atoms with Crippen LogP contribution in [-0.2, 0) is 9.31 Å². The summed E-state index contributed by atoms with van der Waals surface area (Å²) in [4.78, 5) is 0. The Labute approximate surface area is 114 Å². The molecule has 18 heavy (non-hydrogen) atoms. The minimum atomic E-state index is -0.451. The zero-order chi connectivity index (χ0) is 13.4. The van der Waals surface area contributed by atoms with Gasteiger partial charge in [-0.3, -0.25) is 0 Å². The zero-order valence-corrected chi connectivity index (χ0v) is 12.3. The number of hydrogen-bond acceptors (Lipinski definition) is 5. The summed E-state index contributed by atoms with van der Waals surface area (Å²) in [6.07, 6.45) is 3.17. The third-order valence-electron chi connectivity index (χ3n) is 3.82. The van der Waals surface area contributed by atoms with E-state index in [0.717, 1.165) is 17.0 Å². The van der Waals surface area contributed by atoms with Crippen molar-refractivity contribution >= 4 is 25.1 Å². The minimum Gasteiger partial charge on any atom is -0.399 e. The second-order valence-electron chi connectivity index (χ2n) is 5.78. The fraction of sp³-hybridized carbons (Fsp3) is 0.750. The minimum absolute atomic E-state index is 0.355. The number of nitrogens with one attached hydrogen (secondary N) is 2. The van der Waals surface area contributed by atoms with Crippen molar-refractivity contribution in [3.05, 3.63) is 11.7 Å². The highest BCUT2D eigenvalue weighted by Gasteiger charge is 2.52. The molecule has 2 fully saturated rings. The van der Waals surface area contributed by atoms with Crippen LogP contribution in [0.5, 0.6) is 0 Å². The number of hydrogen-bond donors (Lipinski definition) is 2. The maximum atomic E-state index is 7.50. The molecule has 2 saturated heterocycles. The molecule has 0 aromatic heterocycles. The van der Waals surface area contributed by atoms with Gasteiger partial charge >= 0.3 is 7.12 Å². The summed E-state index contributed by atoms with van der Waals surface area (Å²) >= 11 is 1.92. The summed E-state index contributed by atoms with van der Waals surface area (Å²) in [5.41, 5.74) is 0.0311. The van der Waals surface area contributed by atoms with Crippen molar-refractivity contribution in [2.45, 2.75) is 44.9 Å². The van der Waals surface area contributed by atoms with Crippen molar-refractivity contribution < 1.29 is 9.31 Å². The van der Waals surface area contributed by atoms with Crippen LogP contribution >= 0.6 is 11.8 Å². The van der Waals surface area contributed by atoms with E-state index in [4.69, 9.17) is 14.7 Å². The molecule has 0 atom stereocenters. The molecule has 0 aliphatic carbocycles. The van der Waals surface area contributed by atoms with Crippen LogP contribution in [0, 0.1) is 5.41 Å². The molecule has 0 amide bonds. The first-order chi connectivity index (χ1) is 8.36. The third kappa shape index (κ3) is 2.60. The van der Waals surface area contributed by atoms with E-state index in [0.29, 0.717) is 6.04 Å². The summed E-state index contributed by atoms with van der Waals surface area (Å²) in [5, 5.41) is 10.8. The van der Waals surface area contributed by atoms with Crippen LogP contribution in [0.1, 0.15) is 27.7 Å². The van der Waals surface area contributed by atoms with Gasteiger partial charge in [0.05, 0.1) is 11.2 Å². The van der Waals surface area contributed by atoms with E-state index in [2.05, 4.69) is 5.32 Å². The smallest absolute Gasteiger partial charge is 0.399 e. The molecule has 2 aliphatic heterocycles. The molecule has 2 heterocycles. The van der Waals surface area contributed by atoms with Crippen LogP contribution < -0.4 is 5.32 Å². The Morgan fingerprint density at radius 1 is 1.28 bits per heavy atom. The van der Waals surface area contributed by atoms with Crippen LogP contribution in [-0.4, -0.2) is 42.1 Å². The van der Waals surface area contributed by atoms with Gasteiger partial charge in [-0.1, -0.05) is 0 Å². The lowest BCUT2D eigenvalue weighted by atomic mass is 9.79. The van der Waals surface area contributed by atoms with Crippen LogP contribution in [0.25, 0.3) is 0 Å². The number of thioether (sulfide) groups is 1. The van der Waals surface area contributed by atoms with Crippen LogP contribution in [0.15, 0.2) is 11.7 Å². The molecule has 0 bridgehead atoms. The van der Waals surface area contributed by atoms with E-state index in [1.807, 2.05) is 45.7 Å². The van der Waals surface area contributed by atoms with Crippen molar-refractivity contribution in [1.82, 2.24) is 5.32 Å². The summed E-state index contributed by atoms with van der Waals surface area (Å²) in [6.45, 7) is 8.07. The Kier molecular flexibility index (Phi) is 3.81. The molecule has 0 aromatic rings. The Morgan fingerprint density at radius 2 is 1.83 bits per heavy atom. The van der Waals surface area contributed by atoms with Gasteiger partial charge in [0.2, 0.25) is 0 Å². The first kappa shape index (κ1) is 14.0. The van der Waals surface area contributed by atoms with Gasteiger partial charge in [-0.2, -0.15) is 11.8 Å². The van der Waals surface area contributed by atoms with Crippen molar-refractivity contribution in [3.8, 4) is 0 Å². The fourth-order valence-electron chi connectivity index (χ4n) is 1.70. The second kappa shape index (κ2) is 4.91. The Bertz CT molecular complexity index is 351. The average molecular weight is 268 g/mol. The van der Waals surface area contributed by atoms with E-state index in [-0.39, 0.29) is 11.2 Å². The highest BCUT2D eigenvalue weighted by molar-refractivity contribution is 8.00. The van der Waals surface area contributed by atoms with Gasteiger partial charge in [-0.25, -0.2) is 0 Å². The van der Waals surface area contributed by atoms with Crippen molar-refractivity contribution in [1.29, 1.82) is 5.41 Å². The second-order valence-corrected chi connectivity index (χ2v) is 6.85. The zero-order valence-electron chi connectivity index (χ0n) is 11.4. The van der Waals surface area contributed by atoms with Gasteiger partial charge < -0.3 is 20.0 Å². The number of rotatable bonds is 4. The fourth-order valence-corrected chi connectivity index (χ4v) is 2.37. The third-order valence-corrected chi connectivity index (χ3v) is 5.09. The van der Waals surface area contributed by atoms with Gasteiger partial charge in [0.1, 0.15) is 0 Å². The predicted octanol–water partition coefficient (Wildman–Crippen LogP) is 1.86. The maximum absolute atomic E-state index is 7.50. The molecule has 4 nitrogen and oxygen atoms in total. The molecule has 6 heteroatoms. The monoisotopic (exact) mass is 268 g/mol. The molecule has 0 saturated carbocycles. The summed E-state index contributed by atoms with van der Waals surface area (Å²) in [5.74, 6) is 2.26. The van der Waals surface area contributed by atoms with Crippen molar-refractivity contribution in [3.63, 3.8) is 0 Å². The topological polar surface area (TPSA) is 54.3 Å². The average Bonchev–Trinajstić information content (AvgIpc) is 2.40. The first-order valence-corrected chi connectivity index (χ1v) is 7.41. The lowest BCUT2D eigenvalue weighted by Gasteiger charge is -2.32. The standard InChI is InChI=1S/C12H21BN2O2S/c1-11(2)12(3,4)17-13(16-11)9(5-14)6-15-10-7-18-8-10/h5-6,10,14-15H,7-8H2,1-4H3/b9-6+,14-5?. The summed E-state index contributed by atoms with van der Waals surface area (Å²) in [7, 11) is -0.451. The summed E-state index contributed by atoms with van der Waals surface area (Å²) in [6, 6.07) is 0.521. The largest absolute Gasteiger partial charge is 0.497 e. The van der Waals surface area contributed by atoms with E-state index >= 15 is 0 Å². The molecule has 0 aromatic carbocycles. The number of allylic oxidation sites excluding steroid dienone is 1. The SMILES string of the molecule is CC1(C)OB(/C(C=N)=C/NC2CSC2)OC1(C)C. The first-order valence-electron chi connectivity index (χ1n) is 6.26. The summed E-state index contributed by atoms with van der Waals surface area (Å²) < 4.78 is 11.8. The van der Waals surface area contributed by atoms with E-state index in [1.165, 1.54) is 6.21 Å². The van der Waals surface area contributed by atoms with E-state index < -0.39 is 7.12 Å². The molecular formula is C12H21BN2O2S. The highest BCUT2D eigenvalue weighted by Crippen LogP contribution is 2.38. The lowest BCUT2D eigenvalue weighted by molar-refractivity contribution is 0.00578. The maximum Gasteiger partial charge on any atom is 0.497 e. The van der Waals surface area contributed by atoms with Crippen molar-refractivity contribution in [2.75, 3.05) is 11.5 Å². The van der Waals surface area contributed by atoms with Gasteiger partial charge in [0, 0.05) is 29.2 Å². The molecule has 2 N–H and O–H groups in total. The Hall–Kier alpha value is -0.455. The molecule has 2 rings (SSSR count). The Balaban J connectivity index is 2.03. The highest BCUT2D eigenvalue weighted by atomic mass is 32.2. The quantitative estimate of drug-likeness (QED) is 0.603. The molecule has 0 spiro atoms. The van der Waals surface area contributed by atoms with Gasteiger partial charge in [-0.05, 0) is 33.9 Å². The Morgan fingerprint density at radius 3 is 2.22 bits per heavy atom. The molecule has 2 aliphatic rings. The van der Waals surface area contributed by atoms with Crippen LogP contribution in [0.4, 0.5) is 0 Å². The molecule has 100 valence electrons. The van der Waals surface area contributed by atoms with Gasteiger partial charge in [0.25, 0.3) is 0 Å². The van der Waals surface area contributed by atoms with Gasteiger partial charge in [0.15, 0.2) is 0 Å². The van der Waals surface area contributed by atoms with E-state index in [9.17, 15) is 0 Å². The lowest BCUT2D eigenvalue weighted by Crippen LogP contribution is -2.41. The predicted molar refractivity (Wildman–Crippen MR) is 77.2 cm³/mol. The molecular weight excluding hydrogens is 247 g/mol. The molecule has 0 radical (unpaired) electrons. The van der Waals surface area contributed by atoms with E-state index in [1.54, 1.807) is 0 Å². The van der Waals surface area contributed by atoms with Crippen LogP contribution in [0.3, 0.4) is 0 Å². The van der Waals surface area contributed by atoms with Gasteiger partial charge in [-0.15, -0.1) is 0 Å². The van der Waals surface area contributed by atoms with Crippen LogP contribution in [0.2, 0.25) is 0 Å².